The van der Waals surface area contributed by atoms with Crippen LogP contribution in [0.4, 0.5) is 0 Å². The molecule has 0 atom stereocenters. The number of rotatable bonds is 3. The van der Waals surface area contributed by atoms with Crippen molar-refractivity contribution in [2.45, 2.75) is 32.1 Å². The van der Waals surface area contributed by atoms with E-state index in [1.54, 1.807) is 7.11 Å². The molecular weight excluding hydrogens is 624 g/mol. The van der Waals surface area contributed by atoms with Gasteiger partial charge in [-0.05, 0) is 19.3 Å². The van der Waals surface area contributed by atoms with Gasteiger partial charge in [-0.2, -0.15) is 0 Å². The topological polar surface area (TPSA) is 24.8 Å². The van der Waals surface area contributed by atoms with Crippen molar-refractivity contribution in [1.82, 2.24) is 4.90 Å². The Morgan fingerprint density at radius 2 is 1.48 bits per heavy atom. The minimum absolute atomic E-state index is 0.685. The van der Waals surface area contributed by atoms with Crippen molar-refractivity contribution in [3.8, 4) is 5.75 Å². The Kier molecular flexibility index (Phi) is 8.92. The zero-order valence-corrected chi connectivity index (χ0v) is 22.4. The number of methoxy groups -OCH3 is 1. The number of aliphatic imine (C=N–C) groups is 1. The maximum atomic E-state index is 6.63. The van der Waals surface area contributed by atoms with Gasteiger partial charge in [0, 0.05) is 26.1 Å². The molecule has 0 bridgehead atoms. The second-order valence-electron chi connectivity index (χ2n) is 7.14. The van der Waals surface area contributed by atoms with Gasteiger partial charge < -0.3 is 4.90 Å². The van der Waals surface area contributed by atoms with Gasteiger partial charge >= 0.3 is 124 Å². The molecule has 4 rings (SSSR count). The molecule has 29 heavy (non-hydrogen) atoms. The van der Waals surface area contributed by atoms with Gasteiger partial charge in [0.1, 0.15) is 0 Å². The number of amidine groups is 1. The van der Waals surface area contributed by atoms with Gasteiger partial charge in [-0.25, -0.2) is 0 Å². The van der Waals surface area contributed by atoms with E-state index >= 15 is 0 Å². The molecule has 1 radical (unpaired) electrons. The number of hydrogen-bond donors (Lipinski definition) is 0. The molecule has 1 saturated heterocycles. The van der Waals surface area contributed by atoms with Crippen LogP contribution < -0.4 is 11.3 Å². The van der Waals surface area contributed by atoms with Crippen molar-refractivity contribution in [2.75, 3.05) is 26.7 Å². The molecule has 2 aromatic carbocycles. The van der Waals surface area contributed by atoms with E-state index < -0.39 is 17.9 Å². The third-order valence-electron chi connectivity index (χ3n) is 5.12. The van der Waals surface area contributed by atoms with E-state index in [1.165, 1.54) is 51.0 Å². The summed E-state index contributed by atoms with van der Waals surface area (Å²) in [6.07, 6.45) is 6.63. The fourth-order valence-electron chi connectivity index (χ4n) is 3.49. The van der Waals surface area contributed by atoms with Crippen LogP contribution in [-0.2, 0) is 0 Å². The minimum atomic E-state index is -3.55. The predicted octanol–water partition coefficient (Wildman–Crippen LogP) is 5.05. The van der Waals surface area contributed by atoms with E-state index in [0.29, 0.717) is 5.02 Å². The third-order valence-corrected chi connectivity index (χ3v) is 19.6. The number of benzene rings is 2. The zero-order chi connectivity index (χ0) is 20.7. The molecule has 2 heterocycles. The quantitative estimate of drug-likeness (QED) is 0.435. The van der Waals surface area contributed by atoms with Gasteiger partial charge in [0.2, 0.25) is 0 Å². The van der Waals surface area contributed by atoms with Crippen LogP contribution >= 0.6 is 28.6 Å². The normalized spacial score (nSPS) is 16.7. The van der Waals surface area contributed by atoms with Crippen molar-refractivity contribution >= 4 is 58.9 Å². The molecule has 0 spiro atoms. The van der Waals surface area contributed by atoms with Crippen LogP contribution in [0.2, 0.25) is 5.02 Å². The van der Waals surface area contributed by atoms with Crippen LogP contribution in [0.3, 0.4) is 0 Å². The number of halogens is 3. The summed E-state index contributed by atoms with van der Waals surface area (Å²) in [5, 5.41) is 0.685. The second kappa shape index (κ2) is 11.2. The Morgan fingerprint density at radius 3 is 2.14 bits per heavy atom. The van der Waals surface area contributed by atoms with Crippen molar-refractivity contribution in [3.63, 3.8) is 0 Å². The van der Waals surface area contributed by atoms with Crippen LogP contribution in [-0.4, -0.2) is 55.4 Å². The van der Waals surface area contributed by atoms with Gasteiger partial charge in [0.15, 0.2) is 0 Å². The van der Waals surface area contributed by atoms with Crippen molar-refractivity contribution in [1.29, 1.82) is 0 Å². The van der Waals surface area contributed by atoms with Crippen molar-refractivity contribution in [2.24, 2.45) is 4.99 Å². The number of ether oxygens (including phenoxy) is 1. The predicted molar refractivity (Wildman–Crippen MR) is 128 cm³/mol. The number of hydrogen-bond acceptors (Lipinski definition) is 3. The fourth-order valence-corrected chi connectivity index (χ4v) is 12.8. The van der Waals surface area contributed by atoms with E-state index in [2.05, 4.69) is 9.89 Å². The Bertz CT molecular complexity index is 810. The van der Waals surface area contributed by atoms with Gasteiger partial charge in [-0.3, -0.25) is 4.99 Å². The first kappa shape index (κ1) is 23.1. The fraction of sp³-hybridized carbons (Fsp3) is 0.409. The molecule has 0 aliphatic carbocycles. The van der Waals surface area contributed by atoms with E-state index in [1.807, 2.05) is 48.5 Å². The van der Waals surface area contributed by atoms with Crippen LogP contribution in [0.5, 0.6) is 5.75 Å². The van der Waals surface area contributed by atoms with Gasteiger partial charge in [0.25, 0.3) is 0 Å². The summed E-state index contributed by atoms with van der Waals surface area (Å²) < 4.78 is 7.12. The maximum absolute atomic E-state index is 6.63. The summed E-state index contributed by atoms with van der Waals surface area (Å²) in [6, 6.07) is 15.1. The van der Waals surface area contributed by atoms with Crippen LogP contribution in [0, 0.1) is 0 Å². The van der Waals surface area contributed by atoms with Crippen LogP contribution in [0.15, 0.2) is 53.5 Å². The van der Waals surface area contributed by atoms with Crippen LogP contribution in [0.25, 0.3) is 0 Å². The summed E-state index contributed by atoms with van der Waals surface area (Å²) >= 11 is 2.31. The number of fused-ring (bicyclic) bond motifs is 1. The van der Waals surface area contributed by atoms with Gasteiger partial charge in [0.05, 0.1) is 5.84 Å². The Labute approximate surface area is 190 Å². The molecule has 3 nitrogen and oxygen atoms in total. The Hall–Kier alpha value is -0.537. The number of nitrogens with zero attached hydrogens (tertiary/aromatic N) is 2. The van der Waals surface area contributed by atoms with E-state index in [0.717, 1.165) is 18.8 Å². The molecule has 157 valence electrons. The SMILES string of the molecule is C1CCC2=NCCCN2CC1.COc1cc[c]([Bi]([Cl])([Cl])[c]2ccc(Cl)cc2)cc1. The average molecular weight is 651 g/mol. The van der Waals surface area contributed by atoms with E-state index in [4.69, 9.17) is 33.4 Å². The average Bonchev–Trinajstić information content (AvgIpc) is 3.00. The molecule has 0 unspecified atom stereocenters. The van der Waals surface area contributed by atoms with Gasteiger partial charge in [-0.15, -0.1) is 0 Å². The molecule has 7 heteroatoms. The summed E-state index contributed by atoms with van der Waals surface area (Å²) in [6.45, 7) is 3.60. The summed E-state index contributed by atoms with van der Waals surface area (Å²) in [7, 11) is 14.9. The molecule has 1 fully saturated rings. The molecule has 0 aromatic heterocycles. The third kappa shape index (κ3) is 6.47. The molecule has 0 N–H and O–H groups in total. The zero-order valence-electron chi connectivity index (χ0n) is 16.7. The monoisotopic (exact) mass is 649 g/mol. The standard InChI is InChI=1S/C9H16N2.C7H7O.C6H4Cl.Bi.2ClH/c1-2-5-9-10-6-4-8-11(9)7-3-1;1-8-7-5-3-2-4-6-7;7-6-4-2-1-3-5-6;;;/h1-8H2;3-6H,1H3;2-5H;;2*1H/q;;;+2;;/p-2. The van der Waals surface area contributed by atoms with Crippen LogP contribution in [0.1, 0.15) is 32.1 Å². The summed E-state index contributed by atoms with van der Waals surface area (Å²) in [5.74, 6) is 2.19. The first-order chi connectivity index (χ1) is 14.0. The molecule has 2 aliphatic heterocycles. The summed E-state index contributed by atoms with van der Waals surface area (Å²) in [5.41, 5.74) is 0. The Balaban J connectivity index is 0.000000186. The first-order valence-corrected chi connectivity index (χ1v) is 22.4. The first-order valence-electron chi connectivity index (χ1n) is 9.98. The second-order valence-corrected chi connectivity index (χ2v) is 26.0. The summed E-state index contributed by atoms with van der Waals surface area (Å²) in [4.78, 5) is 7.04. The molecular formula is C22H27BiCl3N2O. The Morgan fingerprint density at radius 1 is 0.862 bits per heavy atom. The van der Waals surface area contributed by atoms with Crippen molar-refractivity contribution in [3.05, 3.63) is 53.6 Å². The van der Waals surface area contributed by atoms with Gasteiger partial charge in [-0.1, -0.05) is 6.42 Å². The van der Waals surface area contributed by atoms with Crippen molar-refractivity contribution < 1.29 is 4.74 Å². The molecule has 0 amide bonds. The van der Waals surface area contributed by atoms with E-state index in [9.17, 15) is 0 Å². The molecule has 2 aromatic rings. The molecule has 0 saturated carbocycles. The van der Waals surface area contributed by atoms with E-state index in [-0.39, 0.29) is 0 Å². The molecule has 2 aliphatic rings.